The number of rotatable bonds is 6. The van der Waals surface area contributed by atoms with Gasteiger partial charge in [-0.25, -0.2) is 13.6 Å². The Morgan fingerprint density at radius 1 is 1.07 bits per heavy atom. The van der Waals surface area contributed by atoms with Crippen LogP contribution in [0.4, 0.5) is 5.69 Å². The van der Waals surface area contributed by atoms with Crippen LogP contribution in [-0.2, 0) is 23.1 Å². The average Bonchev–Trinajstić information content (AvgIpc) is 2.70. The molecular weight excluding hydrogens is 472 g/mol. The molecule has 3 rings (SSSR count). The molecule has 1 heterocycles. The van der Waals surface area contributed by atoms with Gasteiger partial charge in [0.25, 0.3) is 0 Å². The first kappa shape index (κ1) is 21.4. The smallest absolute Gasteiger partial charge is 0.238 e. The third-order valence-corrected chi connectivity index (χ3v) is 5.93. The van der Waals surface area contributed by atoms with Crippen LogP contribution < -0.4 is 15.4 Å². The predicted octanol–water partition coefficient (Wildman–Crippen LogP) is 3.57. The maximum Gasteiger partial charge on any atom is 0.238 e. The van der Waals surface area contributed by atoms with E-state index in [1.807, 2.05) is 41.3 Å². The van der Waals surface area contributed by atoms with Crippen LogP contribution >= 0.6 is 28.1 Å². The summed E-state index contributed by atoms with van der Waals surface area (Å²) in [6.45, 7) is 1.06. The number of sulfonamides is 1. The molecule has 0 amide bonds. The molecule has 3 N–H and O–H groups in total. The number of benzene rings is 2. The standard InChI is InChI=1S/C20H19BrN4O2S2/c21-17-3-1-2-16(12-17)14-25(18-4-6-19(7-5-18)29(22,26)27)20(28)24-13-15-8-10-23-11-9-15/h1-12H,13-14H2,(H,24,28)(H2,22,26,27). The Bertz CT molecular complexity index is 1090. The van der Waals surface area contributed by atoms with Crippen molar-refractivity contribution in [3.8, 4) is 0 Å². The molecule has 0 aliphatic heterocycles. The van der Waals surface area contributed by atoms with E-state index < -0.39 is 10.0 Å². The lowest BCUT2D eigenvalue weighted by Crippen LogP contribution is -2.39. The Kier molecular flexibility index (Phi) is 6.96. The van der Waals surface area contributed by atoms with Gasteiger partial charge in [-0.15, -0.1) is 0 Å². The molecule has 0 fully saturated rings. The van der Waals surface area contributed by atoms with Crippen molar-refractivity contribution < 1.29 is 8.42 Å². The van der Waals surface area contributed by atoms with Crippen LogP contribution in [0.15, 0.2) is 82.4 Å². The monoisotopic (exact) mass is 490 g/mol. The molecule has 0 saturated heterocycles. The predicted molar refractivity (Wildman–Crippen MR) is 122 cm³/mol. The first-order valence-electron chi connectivity index (χ1n) is 8.64. The van der Waals surface area contributed by atoms with Gasteiger partial charge in [0.1, 0.15) is 0 Å². The molecule has 2 aromatic carbocycles. The van der Waals surface area contributed by atoms with Gasteiger partial charge >= 0.3 is 0 Å². The van der Waals surface area contributed by atoms with E-state index in [2.05, 4.69) is 26.2 Å². The number of nitrogens with two attached hydrogens (primary N) is 1. The highest BCUT2D eigenvalue weighted by Gasteiger charge is 2.15. The van der Waals surface area contributed by atoms with E-state index in [1.54, 1.807) is 24.5 Å². The lowest BCUT2D eigenvalue weighted by molar-refractivity contribution is 0.598. The first-order valence-corrected chi connectivity index (χ1v) is 11.4. The molecule has 0 spiro atoms. The molecule has 0 aliphatic carbocycles. The largest absolute Gasteiger partial charge is 0.358 e. The molecule has 29 heavy (non-hydrogen) atoms. The minimum atomic E-state index is -3.76. The summed E-state index contributed by atoms with van der Waals surface area (Å²) in [6, 6.07) is 18.1. The molecule has 0 aliphatic rings. The number of halogens is 1. The maximum absolute atomic E-state index is 11.6. The number of primary sulfonamides is 1. The van der Waals surface area contributed by atoms with Crippen LogP contribution in [0.3, 0.4) is 0 Å². The van der Waals surface area contributed by atoms with Crippen molar-refractivity contribution in [3.63, 3.8) is 0 Å². The van der Waals surface area contributed by atoms with Crippen LogP contribution in [0.1, 0.15) is 11.1 Å². The number of hydrogen-bond acceptors (Lipinski definition) is 4. The van der Waals surface area contributed by atoms with Crippen LogP contribution in [0.5, 0.6) is 0 Å². The molecule has 0 bridgehead atoms. The summed E-state index contributed by atoms with van der Waals surface area (Å²) in [7, 11) is -3.76. The molecule has 1 aromatic heterocycles. The van der Waals surface area contributed by atoms with Gasteiger partial charge in [0.2, 0.25) is 10.0 Å². The number of nitrogens with one attached hydrogen (secondary N) is 1. The quantitative estimate of drug-likeness (QED) is 0.513. The molecule has 0 atom stereocenters. The van der Waals surface area contributed by atoms with E-state index in [9.17, 15) is 8.42 Å². The van der Waals surface area contributed by atoms with Crippen molar-refractivity contribution in [2.24, 2.45) is 5.14 Å². The van der Waals surface area contributed by atoms with Gasteiger partial charge in [-0.2, -0.15) is 0 Å². The lowest BCUT2D eigenvalue weighted by atomic mass is 10.2. The van der Waals surface area contributed by atoms with Crippen molar-refractivity contribution in [1.82, 2.24) is 10.3 Å². The minimum Gasteiger partial charge on any atom is -0.358 e. The molecule has 0 saturated carbocycles. The van der Waals surface area contributed by atoms with E-state index in [0.717, 1.165) is 21.3 Å². The van der Waals surface area contributed by atoms with Gasteiger partial charge in [-0.1, -0.05) is 28.1 Å². The highest BCUT2D eigenvalue weighted by molar-refractivity contribution is 9.10. The molecule has 150 valence electrons. The zero-order chi connectivity index (χ0) is 20.9. The second-order valence-electron chi connectivity index (χ2n) is 6.27. The average molecular weight is 491 g/mol. The van der Waals surface area contributed by atoms with Crippen molar-refractivity contribution in [1.29, 1.82) is 0 Å². The molecule has 6 nitrogen and oxygen atoms in total. The summed E-state index contributed by atoms with van der Waals surface area (Å²) in [5.41, 5.74) is 2.85. The summed E-state index contributed by atoms with van der Waals surface area (Å²) >= 11 is 9.12. The first-order chi connectivity index (χ1) is 13.8. The fraction of sp³-hybridized carbons (Fsp3) is 0.100. The minimum absolute atomic E-state index is 0.0549. The van der Waals surface area contributed by atoms with Crippen LogP contribution in [0.2, 0.25) is 0 Å². The van der Waals surface area contributed by atoms with Crippen LogP contribution in [0.25, 0.3) is 0 Å². The summed E-state index contributed by atoms with van der Waals surface area (Å²) in [5, 5.41) is 8.98. The van der Waals surface area contributed by atoms with E-state index in [0.29, 0.717) is 18.2 Å². The van der Waals surface area contributed by atoms with Crippen LogP contribution in [-0.4, -0.2) is 18.5 Å². The third-order valence-electron chi connectivity index (χ3n) is 4.14. The van der Waals surface area contributed by atoms with Crippen molar-refractivity contribution in [2.45, 2.75) is 18.0 Å². The molecular formula is C20H19BrN4O2S2. The topological polar surface area (TPSA) is 88.3 Å². The normalized spacial score (nSPS) is 11.1. The highest BCUT2D eigenvalue weighted by Crippen LogP contribution is 2.21. The molecule has 3 aromatic rings. The summed E-state index contributed by atoms with van der Waals surface area (Å²) in [5.74, 6) is 0. The van der Waals surface area contributed by atoms with Gasteiger partial charge in [0, 0.05) is 29.1 Å². The number of hydrogen-bond donors (Lipinski definition) is 2. The SMILES string of the molecule is NS(=O)(=O)c1ccc(N(Cc2cccc(Br)c2)C(=S)NCc2ccncc2)cc1. The molecule has 0 radical (unpaired) electrons. The van der Waals surface area contributed by atoms with Crippen LogP contribution in [0, 0.1) is 0 Å². The van der Waals surface area contributed by atoms with E-state index in [4.69, 9.17) is 17.4 Å². The number of pyridine rings is 1. The summed E-state index contributed by atoms with van der Waals surface area (Å²) in [6.07, 6.45) is 3.45. The Morgan fingerprint density at radius 3 is 2.38 bits per heavy atom. The van der Waals surface area contributed by atoms with Gasteiger partial charge in [-0.05, 0) is 71.9 Å². The lowest BCUT2D eigenvalue weighted by Gasteiger charge is -2.26. The maximum atomic E-state index is 11.6. The molecule has 0 unspecified atom stereocenters. The Morgan fingerprint density at radius 2 is 1.76 bits per heavy atom. The second kappa shape index (κ2) is 9.45. The molecule has 9 heteroatoms. The fourth-order valence-electron chi connectivity index (χ4n) is 2.69. The zero-order valence-corrected chi connectivity index (χ0v) is 18.5. The van der Waals surface area contributed by atoms with Crippen molar-refractivity contribution >= 4 is 49.0 Å². The van der Waals surface area contributed by atoms with Gasteiger partial charge in [0.15, 0.2) is 5.11 Å². The van der Waals surface area contributed by atoms with Crippen molar-refractivity contribution in [3.05, 3.63) is 88.7 Å². The van der Waals surface area contributed by atoms with Crippen molar-refractivity contribution in [2.75, 3.05) is 4.90 Å². The summed E-state index contributed by atoms with van der Waals surface area (Å²) in [4.78, 5) is 5.98. The van der Waals surface area contributed by atoms with Gasteiger partial charge in [-0.3, -0.25) is 4.98 Å². The Balaban J connectivity index is 1.85. The van der Waals surface area contributed by atoms with Gasteiger partial charge < -0.3 is 10.2 Å². The Labute approximate surface area is 183 Å². The number of nitrogens with zero attached hydrogens (tertiary/aromatic N) is 2. The van der Waals surface area contributed by atoms with Gasteiger partial charge in [0.05, 0.1) is 11.4 Å². The number of aromatic nitrogens is 1. The third kappa shape index (κ3) is 6.07. The summed E-state index contributed by atoms with van der Waals surface area (Å²) < 4.78 is 24.1. The van der Waals surface area contributed by atoms with E-state index in [1.165, 1.54) is 12.1 Å². The fourth-order valence-corrected chi connectivity index (χ4v) is 3.89. The number of thiocarbonyl (C=S) groups is 1. The number of anilines is 1. The Hall–Kier alpha value is -2.33. The van der Waals surface area contributed by atoms with E-state index >= 15 is 0 Å². The zero-order valence-electron chi connectivity index (χ0n) is 15.3. The highest BCUT2D eigenvalue weighted by atomic mass is 79.9. The van der Waals surface area contributed by atoms with E-state index in [-0.39, 0.29) is 4.90 Å². The second-order valence-corrected chi connectivity index (χ2v) is 9.13.